The van der Waals surface area contributed by atoms with Crippen molar-refractivity contribution >= 4 is 0 Å². The van der Waals surface area contributed by atoms with E-state index in [4.69, 9.17) is 0 Å². The SMILES string of the molecule is CC(C)=CCC[C@@H](C)[C@H]1CC[C@H]2[C@@H]3CC=C4C[C@@H](O)CC[C@]4(C)[C@H]3CC[C@]12C.CC(C)CCC[C@@H](C)[C@H]1CC[C@H]2[C@@H]3CC=C4C[C@@H](O)CC[C@]4(C)[C@H]3CC[C@]12C. The van der Waals surface area contributed by atoms with Gasteiger partial charge in [-0.15, -0.1) is 0 Å². The van der Waals surface area contributed by atoms with Gasteiger partial charge in [0.2, 0.25) is 0 Å². The van der Waals surface area contributed by atoms with E-state index in [1.54, 1.807) is 11.1 Å². The van der Waals surface area contributed by atoms with Crippen LogP contribution < -0.4 is 0 Å². The second-order valence-corrected chi connectivity index (χ2v) is 23.9. The fourth-order valence-corrected chi connectivity index (χ4v) is 17.1. The zero-order chi connectivity index (χ0) is 40.2. The molecule has 6 fully saturated rings. The molecule has 0 aromatic carbocycles. The Bertz CT molecular complexity index is 1450. The van der Waals surface area contributed by atoms with Crippen molar-refractivity contribution in [1.29, 1.82) is 0 Å². The van der Waals surface area contributed by atoms with Gasteiger partial charge in [-0.3, -0.25) is 0 Å². The average Bonchev–Trinajstić information content (AvgIpc) is 3.69. The summed E-state index contributed by atoms with van der Waals surface area (Å²) in [6, 6.07) is 0. The highest BCUT2D eigenvalue weighted by Crippen LogP contribution is 2.69. The summed E-state index contributed by atoms with van der Waals surface area (Å²) in [6.45, 7) is 24.8. The molecular weight excluding hydrogens is 681 g/mol. The van der Waals surface area contributed by atoms with Crippen molar-refractivity contribution in [2.45, 2.75) is 216 Å². The van der Waals surface area contributed by atoms with Gasteiger partial charge >= 0.3 is 0 Å². The van der Waals surface area contributed by atoms with Crippen molar-refractivity contribution in [2.24, 2.45) is 86.8 Å². The van der Waals surface area contributed by atoms with E-state index in [0.717, 1.165) is 90.8 Å². The Labute approximate surface area is 347 Å². The molecule has 0 aliphatic heterocycles. The number of rotatable bonds is 9. The Balaban J connectivity index is 0.000000172. The molecule has 8 rings (SSSR count). The zero-order valence-corrected chi connectivity index (χ0v) is 38.5. The van der Waals surface area contributed by atoms with Crippen LogP contribution in [-0.2, 0) is 0 Å². The van der Waals surface area contributed by atoms with Crippen LogP contribution in [0.15, 0.2) is 34.9 Å². The van der Waals surface area contributed by atoms with Crippen LogP contribution in [0, 0.1) is 86.8 Å². The minimum Gasteiger partial charge on any atom is -0.393 e. The normalized spacial score (nSPS) is 46.3. The van der Waals surface area contributed by atoms with Gasteiger partial charge in [0.15, 0.2) is 0 Å². The van der Waals surface area contributed by atoms with Gasteiger partial charge in [0.1, 0.15) is 0 Å². The van der Waals surface area contributed by atoms with Gasteiger partial charge in [-0.2, -0.15) is 0 Å². The van der Waals surface area contributed by atoms with Crippen molar-refractivity contribution in [3.63, 3.8) is 0 Å². The molecule has 0 aromatic rings. The molecule has 0 heterocycles. The molecule has 16 atom stereocenters. The van der Waals surface area contributed by atoms with Crippen molar-refractivity contribution in [3.8, 4) is 0 Å². The van der Waals surface area contributed by atoms with Crippen LogP contribution in [-0.4, -0.2) is 22.4 Å². The molecule has 2 N–H and O–H groups in total. The number of aliphatic hydroxyl groups excluding tert-OH is 2. The molecular formula is C54H90O2. The van der Waals surface area contributed by atoms with Gasteiger partial charge in [0.25, 0.3) is 0 Å². The average molecular weight is 771 g/mol. The van der Waals surface area contributed by atoms with Crippen molar-refractivity contribution in [3.05, 3.63) is 34.9 Å². The summed E-state index contributed by atoms with van der Waals surface area (Å²) in [5.74, 6) is 9.95. The second-order valence-electron chi connectivity index (χ2n) is 23.9. The smallest absolute Gasteiger partial charge is 0.0577 e. The van der Waals surface area contributed by atoms with E-state index in [0.29, 0.717) is 21.7 Å². The fourth-order valence-electron chi connectivity index (χ4n) is 17.1. The van der Waals surface area contributed by atoms with E-state index in [-0.39, 0.29) is 12.2 Å². The number of hydrogen-bond acceptors (Lipinski definition) is 2. The van der Waals surface area contributed by atoms with Gasteiger partial charge < -0.3 is 10.2 Å². The third-order valence-corrected chi connectivity index (χ3v) is 20.3. The van der Waals surface area contributed by atoms with Gasteiger partial charge in [-0.05, 0) is 216 Å². The van der Waals surface area contributed by atoms with Crippen LogP contribution >= 0.6 is 0 Å². The Morgan fingerprint density at radius 3 is 1.52 bits per heavy atom. The largest absolute Gasteiger partial charge is 0.393 e. The van der Waals surface area contributed by atoms with Crippen molar-refractivity contribution in [2.75, 3.05) is 0 Å². The van der Waals surface area contributed by atoms with Crippen molar-refractivity contribution in [1.82, 2.24) is 0 Å². The van der Waals surface area contributed by atoms with Gasteiger partial charge in [-0.25, -0.2) is 0 Å². The first kappa shape index (κ1) is 43.2. The predicted molar refractivity (Wildman–Crippen MR) is 238 cm³/mol. The van der Waals surface area contributed by atoms with Gasteiger partial charge in [0.05, 0.1) is 12.2 Å². The molecule has 56 heavy (non-hydrogen) atoms. The summed E-state index contributed by atoms with van der Waals surface area (Å²) < 4.78 is 0. The summed E-state index contributed by atoms with van der Waals surface area (Å²) in [5, 5.41) is 20.4. The highest BCUT2D eigenvalue weighted by atomic mass is 16.3. The molecule has 2 heteroatoms. The van der Waals surface area contributed by atoms with E-state index < -0.39 is 0 Å². The monoisotopic (exact) mass is 771 g/mol. The Morgan fingerprint density at radius 1 is 0.607 bits per heavy atom. The summed E-state index contributed by atoms with van der Waals surface area (Å²) >= 11 is 0. The fraction of sp³-hybridized carbons (Fsp3) is 0.889. The third-order valence-electron chi connectivity index (χ3n) is 20.3. The molecule has 0 amide bonds. The Kier molecular flexibility index (Phi) is 13.0. The zero-order valence-electron chi connectivity index (χ0n) is 38.5. The first-order valence-electron chi connectivity index (χ1n) is 24.9. The maximum atomic E-state index is 10.2. The minimum absolute atomic E-state index is 0.0766. The van der Waals surface area contributed by atoms with E-state index in [1.807, 2.05) is 0 Å². The molecule has 6 saturated carbocycles. The molecule has 318 valence electrons. The Morgan fingerprint density at radius 2 is 1.07 bits per heavy atom. The summed E-state index contributed by atoms with van der Waals surface area (Å²) in [5.41, 5.74) is 6.64. The van der Waals surface area contributed by atoms with E-state index in [2.05, 4.69) is 87.5 Å². The highest BCUT2D eigenvalue weighted by molar-refractivity contribution is 5.27. The lowest BCUT2D eigenvalue weighted by Crippen LogP contribution is -2.50. The van der Waals surface area contributed by atoms with Crippen LogP contribution in [0.1, 0.15) is 204 Å². The quantitative estimate of drug-likeness (QED) is 0.229. The molecule has 8 aliphatic carbocycles. The summed E-state index contributed by atoms with van der Waals surface area (Å²) in [4.78, 5) is 0. The lowest BCUT2D eigenvalue weighted by molar-refractivity contribution is -0.0573. The van der Waals surface area contributed by atoms with Crippen LogP contribution in [0.3, 0.4) is 0 Å². The Hall–Kier alpha value is -0.860. The maximum Gasteiger partial charge on any atom is 0.0577 e. The minimum atomic E-state index is -0.0813. The standard InChI is InChI=1S/C27H46O.C27H44O/c2*1-18(2)7-6-8-19(3)23-11-12-24-22-10-9-20-17-21(28)13-15-26(20,4)25(22)14-16-27(23,24)5/h9,18-19,21-25,28H,6-8,10-17H2,1-5H3;7,9,19,21-25,28H,6,8,10-17H2,1-5H3/t2*19-,21+,22+,23-,24+,25+,26+,27-/m11/s1. The molecule has 2 nitrogen and oxygen atoms in total. The van der Waals surface area contributed by atoms with Gasteiger partial charge in [0, 0.05) is 0 Å². The summed E-state index contributed by atoms with van der Waals surface area (Å²) in [6.07, 6.45) is 35.0. The number of hydrogen-bond donors (Lipinski definition) is 2. The molecule has 0 spiro atoms. The first-order chi connectivity index (χ1) is 26.5. The topological polar surface area (TPSA) is 40.5 Å². The van der Waals surface area contributed by atoms with E-state index >= 15 is 0 Å². The third kappa shape index (κ3) is 7.91. The predicted octanol–water partition coefficient (Wildman–Crippen LogP) is 14.7. The number of fused-ring (bicyclic) bond motifs is 10. The second kappa shape index (κ2) is 16.9. The summed E-state index contributed by atoms with van der Waals surface area (Å²) in [7, 11) is 0. The number of allylic oxidation sites excluding steroid dienone is 4. The molecule has 0 bridgehead atoms. The van der Waals surface area contributed by atoms with Crippen LogP contribution in [0.25, 0.3) is 0 Å². The molecule has 0 aromatic heterocycles. The highest BCUT2D eigenvalue weighted by Gasteiger charge is 2.60. The van der Waals surface area contributed by atoms with E-state index in [9.17, 15) is 10.2 Å². The van der Waals surface area contributed by atoms with Crippen LogP contribution in [0.2, 0.25) is 0 Å². The molecule has 0 saturated heterocycles. The van der Waals surface area contributed by atoms with Crippen LogP contribution in [0.4, 0.5) is 0 Å². The lowest BCUT2D eigenvalue weighted by Gasteiger charge is -2.58. The molecule has 0 unspecified atom stereocenters. The number of aliphatic hydroxyl groups is 2. The maximum absolute atomic E-state index is 10.2. The van der Waals surface area contributed by atoms with E-state index in [1.165, 1.54) is 115 Å². The molecule has 8 aliphatic rings. The van der Waals surface area contributed by atoms with Crippen LogP contribution in [0.5, 0.6) is 0 Å². The van der Waals surface area contributed by atoms with Crippen molar-refractivity contribution < 1.29 is 10.2 Å². The first-order valence-corrected chi connectivity index (χ1v) is 24.9. The lowest BCUT2D eigenvalue weighted by atomic mass is 9.47. The van der Waals surface area contributed by atoms with Gasteiger partial charge in [-0.1, -0.05) is 110 Å². The molecule has 0 radical (unpaired) electrons.